The van der Waals surface area contributed by atoms with Gasteiger partial charge in [-0.25, -0.2) is 9.97 Å². The van der Waals surface area contributed by atoms with Crippen LogP contribution in [0.2, 0.25) is 0 Å². The Bertz CT molecular complexity index is 774. The Hall–Kier alpha value is -2.69. The molecule has 3 aromatic rings. The zero-order valence-corrected chi connectivity index (χ0v) is 11.9. The lowest BCUT2D eigenvalue weighted by atomic mass is 10.1. The normalized spacial score (nSPS) is 11.0. The van der Waals surface area contributed by atoms with E-state index in [1.807, 2.05) is 38.2 Å². The molecule has 3 rings (SSSR count). The Morgan fingerprint density at radius 3 is 2.67 bits per heavy atom. The number of carbonyl (C=O) groups is 1. The first kappa shape index (κ1) is 13.3. The van der Waals surface area contributed by atoms with Crippen molar-refractivity contribution in [3.8, 4) is 0 Å². The molecule has 2 heterocycles. The average molecular weight is 280 g/mol. The van der Waals surface area contributed by atoms with Crippen LogP contribution in [0, 0.1) is 0 Å². The van der Waals surface area contributed by atoms with Crippen LogP contribution in [-0.4, -0.2) is 20.9 Å². The van der Waals surface area contributed by atoms with Crippen molar-refractivity contribution >= 4 is 22.5 Å². The van der Waals surface area contributed by atoms with E-state index in [2.05, 4.69) is 20.3 Å². The number of para-hydroxylation sites is 1. The summed E-state index contributed by atoms with van der Waals surface area (Å²) >= 11 is 0. The predicted molar refractivity (Wildman–Crippen MR) is 82.4 cm³/mol. The smallest absolute Gasteiger partial charge is 0.257 e. The lowest BCUT2D eigenvalue weighted by Crippen LogP contribution is -2.13. The van der Waals surface area contributed by atoms with Crippen LogP contribution in [0.4, 0.5) is 5.69 Å². The first-order valence-corrected chi connectivity index (χ1v) is 6.84. The number of hydrogen-bond acceptors (Lipinski definition) is 3. The number of benzene rings is 1. The van der Waals surface area contributed by atoms with E-state index in [4.69, 9.17) is 0 Å². The van der Waals surface area contributed by atoms with Crippen LogP contribution in [0.1, 0.15) is 35.9 Å². The van der Waals surface area contributed by atoms with Crippen molar-refractivity contribution in [2.75, 3.05) is 5.32 Å². The number of carbonyl (C=O) groups excluding carboxylic acids is 1. The molecular weight excluding hydrogens is 264 g/mol. The van der Waals surface area contributed by atoms with Gasteiger partial charge in [0.1, 0.15) is 5.82 Å². The Morgan fingerprint density at radius 1 is 1.19 bits per heavy atom. The molecule has 0 atom stereocenters. The topological polar surface area (TPSA) is 70.7 Å². The van der Waals surface area contributed by atoms with Gasteiger partial charge in [-0.1, -0.05) is 26.0 Å². The number of anilines is 1. The van der Waals surface area contributed by atoms with Crippen molar-refractivity contribution in [2.24, 2.45) is 0 Å². The number of nitrogens with zero attached hydrogens (tertiary/aromatic N) is 2. The van der Waals surface area contributed by atoms with Gasteiger partial charge in [-0.3, -0.25) is 4.79 Å². The van der Waals surface area contributed by atoms with Gasteiger partial charge in [0.05, 0.1) is 29.2 Å². The largest absolute Gasteiger partial charge is 0.361 e. The Kier molecular flexibility index (Phi) is 3.39. The minimum absolute atomic E-state index is 0.177. The Morgan fingerprint density at radius 2 is 1.95 bits per heavy atom. The second-order valence-electron chi connectivity index (χ2n) is 5.19. The number of nitrogens with one attached hydrogen (secondary N) is 2. The number of aromatic amines is 1. The summed E-state index contributed by atoms with van der Waals surface area (Å²) in [6.07, 6.45) is 5.09. The molecule has 5 nitrogen and oxygen atoms in total. The third-order valence-electron chi connectivity index (χ3n) is 3.28. The van der Waals surface area contributed by atoms with E-state index in [0.29, 0.717) is 11.3 Å². The lowest BCUT2D eigenvalue weighted by Gasteiger charge is -2.07. The molecule has 1 aromatic carbocycles. The van der Waals surface area contributed by atoms with Gasteiger partial charge < -0.3 is 10.3 Å². The number of amides is 1. The maximum absolute atomic E-state index is 12.4. The number of aromatic nitrogens is 3. The van der Waals surface area contributed by atoms with Gasteiger partial charge in [0.2, 0.25) is 0 Å². The van der Waals surface area contributed by atoms with Crippen molar-refractivity contribution in [2.45, 2.75) is 19.8 Å². The second kappa shape index (κ2) is 5.36. The molecule has 2 aromatic heterocycles. The molecule has 0 aliphatic rings. The number of H-pyrrole nitrogens is 1. The summed E-state index contributed by atoms with van der Waals surface area (Å²) in [5.74, 6) is 0.853. The van der Waals surface area contributed by atoms with Crippen LogP contribution >= 0.6 is 0 Å². The first-order valence-electron chi connectivity index (χ1n) is 6.84. The molecule has 0 saturated heterocycles. The molecule has 21 heavy (non-hydrogen) atoms. The lowest BCUT2D eigenvalue weighted by molar-refractivity contribution is 0.102. The molecule has 0 fully saturated rings. The highest BCUT2D eigenvalue weighted by molar-refractivity contribution is 6.11. The number of rotatable bonds is 3. The molecular formula is C16H16N4O. The maximum Gasteiger partial charge on any atom is 0.257 e. The highest BCUT2D eigenvalue weighted by Gasteiger charge is 2.11. The van der Waals surface area contributed by atoms with Crippen molar-refractivity contribution in [1.29, 1.82) is 0 Å². The molecule has 0 saturated carbocycles. The number of fused-ring (bicyclic) bond motifs is 1. The summed E-state index contributed by atoms with van der Waals surface area (Å²) in [6.45, 7) is 4.05. The maximum atomic E-state index is 12.4. The molecule has 1 amide bonds. The summed E-state index contributed by atoms with van der Waals surface area (Å²) in [5, 5.41) is 3.83. The van der Waals surface area contributed by atoms with Crippen LogP contribution < -0.4 is 5.32 Å². The summed E-state index contributed by atoms with van der Waals surface area (Å²) in [6, 6.07) is 7.55. The van der Waals surface area contributed by atoms with Gasteiger partial charge in [0, 0.05) is 17.5 Å². The van der Waals surface area contributed by atoms with Crippen LogP contribution in [-0.2, 0) is 0 Å². The molecule has 0 unspecified atom stereocenters. The molecule has 0 spiro atoms. The molecule has 0 bridgehead atoms. The zero-order chi connectivity index (χ0) is 14.8. The van der Waals surface area contributed by atoms with Crippen molar-refractivity contribution in [3.05, 3.63) is 54.2 Å². The highest BCUT2D eigenvalue weighted by Crippen LogP contribution is 2.18. The van der Waals surface area contributed by atoms with E-state index in [1.54, 1.807) is 18.5 Å². The quantitative estimate of drug-likeness (QED) is 0.773. The summed E-state index contributed by atoms with van der Waals surface area (Å²) in [5.41, 5.74) is 2.02. The minimum Gasteiger partial charge on any atom is -0.361 e. The molecule has 2 N–H and O–H groups in total. The third-order valence-corrected chi connectivity index (χ3v) is 3.28. The van der Waals surface area contributed by atoms with Crippen LogP contribution in [0.15, 0.2) is 42.9 Å². The predicted octanol–water partition coefficient (Wildman–Crippen LogP) is 3.33. The Balaban J connectivity index is 1.84. The summed E-state index contributed by atoms with van der Waals surface area (Å²) < 4.78 is 0. The molecule has 5 heteroatoms. The SMILES string of the molecule is CC(C)c1ncc(NC(=O)c2cccc3cc[nH]c23)cn1. The number of hydrogen-bond donors (Lipinski definition) is 2. The fourth-order valence-corrected chi connectivity index (χ4v) is 2.17. The third kappa shape index (κ3) is 2.63. The second-order valence-corrected chi connectivity index (χ2v) is 5.19. The molecule has 0 aliphatic heterocycles. The van der Waals surface area contributed by atoms with Crippen LogP contribution in [0.3, 0.4) is 0 Å². The Labute approximate surface area is 122 Å². The summed E-state index contributed by atoms with van der Waals surface area (Å²) in [4.78, 5) is 23.9. The van der Waals surface area contributed by atoms with E-state index in [1.165, 1.54) is 0 Å². The van der Waals surface area contributed by atoms with Gasteiger partial charge in [-0.2, -0.15) is 0 Å². The molecule has 0 aliphatic carbocycles. The van der Waals surface area contributed by atoms with Crippen molar-refractivity contribution < 1.29 is 4.79 Å². The molecule has 106 valence electrons. The standard InChI is InChI=1S/C16H16N4O/c1-10(2)15-18-8-12(9-19-15)20-16(21)13-5-3-4-11-6-7-17-14(11)13/h3-10,17H,1-2H3,(H,20,21). The fourth-order valence-electron chi connectivity index (χ4n) is 2.17. The fraction of sp³-hybridized carbons (Fsp3) is 0.188. The van der Waals surface area contributed by atoms with Gasteiger partial charge >= 0.3 is 0 Å². The van der Waals surface area contributed by atoms with E-state index in [-0.39, 0.29) is 11.8 Å². The van der Waals surface area contributed by atoms with Gasteiger partial charge in [0.15, 0.2) is 0 Å². The van der Waals surface area contributed by atoms with Crippen molar-refractivity contribution in [3.63, 3.8) is 0 Å². The van der Waals surface area contributed by atoms with Gasteiger partial charge in [0.25, 0.3) is 5.91 Å². The van der Waals surface area contributed by atoms with Crippen LogP contribution in [0.5, 0.6) is 0 Å². The van der Waals surface area contributed by atoms with E-state index in [0.717, 1.165) is 16.7 Å². The van der Waals surface area contributed by atoms with Gasteiger partial charge in [-0.15, -0.1) is 0 Å². The monoisotopic (exact) mass is 280 g/mol. The van der Waals surface area contributed by atoms with E-state index in [9.17, 15) is 4.79 Å². The van der Waals surface area contributed by atoms with Crippen molar-refractivity contribution in [1.82, 2.24) is 15.0 Å². The average Bonchev–Trinajstić information content (AvgIpc) is 2.96. The van der Waals surface area contributed by atoms with Crippen LogP contribution in [0.25, 0.3) is 10.9 Å². The van der Waals surface area contributed by atoms with E-state index < -0.39 is 0 Å². The zero-order valence-electron chi connectivity index (χ0n) is 11.9. The summed E-state index contributed by atoms with van der Waals surface area (Å²) in [7, 11) is 0. The minimum atomic E-state index is -0.177. The highest BCUT2D eigenvalue weighted by atomic mass is 16.1. The first-order chi connectivity index (χ1) is 10.1. The van der Waals surface area contributed by atoms with E-state index >= 15 is 0 Å². The van der Waals surface area contributed by atoms with Gasteiger partial charge in [-0.05, 0) is 12.1 Å². The molecule has 0 radical (unpaired) electrons.